The summed E-state index contributed by atoms with van der Waals surface area (Å²) in [6, 6.07) is 29.7. The maximum atomic E-state index is 2.41. The molecule has 0 nitrogen and oxygen atoms in total. The number of rotatable bonds is 7. The van der Waals surface area contributed by atoms with Gasteiger partial charge in [-0.15, -0.1) is 0 Å². The van der Waals surface area contributed by atoms with Crippen molar-refractivity contribution in [3.63, 3.8) is 0 Å². The summed E-state index contributed by atoms with van der Waals surface area (Å²) in [5.41, 5.74) is 4.26. The van der Waals surface area contributed by atoms with Crippen LogP contribution in [0.5, 0.6) is 0 Å². The summed E-state index contributed by atoms with van der Waals surface area (Å²) in [5, 5.41) is 4.55. The minimum absolute atomic E-state index is 0.562. The van der Waals surface area contributed by atoms with Crippen LogP contribution in [0, 0.1) is 0 Å². The smallest absolute Gasteiger partial charge is 0.0669 e. The average Bonchev–Trinajstić information content (AvgIpc) is 2.75. The first-order valence-corrected chi connectivity index (χ1v) is 13.8. The van der Waals surface area contributed by atoms with Crippen LogP contribution in [0.3, 0.4) is 0 Å². The predicted octanol–water partition coefficient (Wildman–Crippen LogP) is 6.55. The summed E-state index contributed by atoms with van der Waals surface area (Å²) < 4.78 is 0. The molecular formula is C29H38Si. The van der Waals surface area contributed by atoms with Crippen LogP contribution >= 0.6 is 0 Å². The summed E-state index contributed by atoms with van der Waals surface area (Å²) in [6.45, 7) is 16.0. The van der Waals surface area contributed by atoms with Crippen molar-refractivity contribution in [2.24, 2.45) is 0 Å². The van der Waals surface area contributed by atoms with Crippen LogP contribution in [0.15, 0.2) is 72.8 Å². The van der Waals surface area contributed by atoms with E-state index in [0.717, 1.165) is 6.04 Å². The Bertz CT molecular complexity index is 804. The van der Waals surface area contributed by atoms with E-state index < -0.39 is 8.07 Å². The van der Waals surface area contributed by atoms with Gasteiger partial charge in [0.15, 0.2) is 0 Å². The molecule has 0 spiro atoms. The van der Waals surface area contributed by atoms with Crippen LogP contribution in [-0.4, -0.2) is 8.07 Å². The summed E-state index contributed by atoms with van der Waals surface area (Å²) in [6.07, 6.45) is 0. The van der Waals surface area contributed by atoms with Crippen LogP contribution in [0.25, 0.3) is 0 Å². The highest BCUT2D eigenvalue weighted by Crippen LogP contribution is 2.20. The van der Waals surface area contributed by atoms with Crippen molar-refractivity contribution in [3.05, 3.63) is 89.5 Å². The Morgan fingerprint density at radius 3 is 0.867 bits per heavy atom. The minimum atomic E-state index is -2.07. The Morgan fingerprint density at radius 2 is 0.700 bits per heavy atom. The van der Waals surface area contributed by atoms with Crippen LogP contribution in [0.4, 0.5) is 0 Å². The van der Waals surface area contributed by atoms with Crippen molar-refractivity contribution in [1.82, 2.24) is 0 Å². The van der Waals surface area contributed by atoms with Gasteiger partial charge in [-0.05, 0) is 56.0 Å². The van der Waals surface area contributed by atoms with E-state index in [4.69, 9.17) is 0 Å². The molecule has 0 atom stereocenters. The fourth-order valence-corrected chi connectivity index (χ4v) is 9.00. The molecule has 0 N–H and O–H groups in total. The Kier molecular flexibility index (Phi) is 7.03. The van der Waals surface area contributed by atoms with Crippen LogP contribution < -0.4 is 15.6 Å². The zero-order valence-corrected chi connectivity index (χ0v) is 20.9. The van der Waals surface area contributed by atoms with Gasteiger partial charge in [0.1, 0.15) is 8.07 Å². The molecule has 0 saturated heterocycles. The van der Waals surface area contributed by atoms with Crippen molar-refractivity contribution in [1.29, 1.82) is 0 Å². The highest BCUT2D eigenvalue weighted by molar-refractivity contribution is 7.11. The molecule has 0 saturated carbocycles. The Labute approximate surface area is 185 Å². The monoisotopic (exact) mass is 414 g/mol. The zero-order chi connectivity index (χ0) is 21.9. The first-order chi connectivity index (χ1) is 14.3. The van der Waals surface area contributed by atoms with Gasteiger partial charge in [0.25, 0.3) is 0 Å². The lowest BCUT2D eigenvalue weighted by atomic mass is 10.0. The second-order valence-electron chi connectivity index (χ2n) is 9.59. The summed E-state index contributed by atoms with van der Waals surface area (Å²) in [5.74, 6) is 1.69. The largest absolute Gasteiger partial charge is 0.148 e. The number of benzene rings is 3. The molecule has 0 aliphatic carbocycles. The topological polar surface area (TPSA) is 0 Å². The highest BCUT2D eigenvalue weighted by Gasteiger charge is 2.37. The van der Waals surface area contributed by atoms with Gasteiger partial charge in [0, 0.05) is 0 Å². The molecule has 0 unspecified atom stereocenters. The second kappa shape index (κ2) is 9.35. The van der Waals surface area contributed by atoms with E-state index in [-0.39, 0.29) is 0 Å². The van der Waals surface area contributed by atoms with Gasteiger partial charge in [0.05, 0.1) is 0 Å². The van der Waals surface area contributed by atoms with Gasteiger partial charge < -0.3 is 0 Å². The van der Waals surface area contributed by atoms with Crippen molar-refractivity contribution >= 4 is 23.6 Å². The van der Waals surface area contributed by atoms with Crippen LogP contribution in [0.2, 0.25) is 6.04 Å². The van der Waals surface area contributed by atoms with E-state index in [1.54, 1.807) is 0 Å². The lowest BCUT2D eigenvalue weighted by Gasteiger charge is -2.33. The quantitative estimate of drug-likeness (QED) is 0.304. The molecule has 1 heteroatoms. The molecule has 3 rings (SSSR count). The number of hydrogen-bond donors (Lipinski definition) is 0. The maximum Gasteiger partial charge on any atom is 0.148 e. The van der Waals surface area contributed by atoms with E-state index in [1.807, 2.05) is 0 Å². The molecule has 0 amide bonds. The molecule has 3 aromatic carbocycles. The molecule has 0 fully saturated rings. The van der Waals surface area contributed by atoms with Gasteiger partial charge in [-0.1, -0.05) is 121 Å². The molecule has 0 radical (unpaired) electrons. The normalized spacial score (nSPS) is 12.2. The van der Waals surface area contributed by atoms with Gasteiger partial charge in [-0.3, -0.25) is 0 Å². The highest BCUT2D eigenvalue weighted by atomic mass is 28.3. The summed E-state index contributed by atoms with van der Waals surface area (Å²) in [7, 11) is -2.07. The fourth-order valence-electron chi connectivity index (χ4n) is 4.57. The van der Waals surface area contributed by atoms with Gasteiger partial charge in [-0.25, -0.2) is 0 Å². The molecule has 3 aromatic rings. The van der Waals surface area contributed by atoms with Crippen LogP contribution in [0.1, 0.15) is 82.9 Å². The third-order valence-corrected chi connectivity index (χ3v) is 11.8. The lowest BCUT2D eigenvalue weighted by Crippen LogP contribution is -2.66. The number of hydrogen-bond acceptors (Lipinski definition) is 0. The van der Waals surface area contributed by atoms with Gasteiger partial charge >= 0.3 is 0 Å². The van der Waals surface area contributed by atoms with Gasteiger partial charge in [-0.2, -0.15) is 0 Å². The molecule has 0 aliphatic rings. The summed E-state index contributed by atoms with van der Waals surface area (Å²) >= 11 is 0. The third kappa shape index (κ3) is 4.32. The Hall–Kier alpha value is -2.12. The molecular weight excluding hydrogens is 376 g/mol. The van der Waals surface area contributed by atoms with Crippen molar-refractivity contribution in [2.75, 3.05) is 0 Å². The third-order valence-electron chi connectivity index (χ3n) is 6.74. The molecule has 158 valence electrons. The predicted molar refractivity (Wildman–Crippen MR) is 137 cm³/mol. The average molecular weight is 415 g/mol. The molecule has 0 aliphatic heterocycles. The van der Waals surface area contributed by atoms with Crippen LogP contribution in [-0.2, 0) is 0 Å². The van der Waals surface area contributed by atoms with E-state index in [1.165, 1.54) is 32.3 Å². The van der Waals surface area contributed by atoms with Crippen molar-refractivity contribution < 1.29 is 0 Å². The molecule has 0 bridgehead atoms. The zero-order valence-electron chi connectivity index (χ0n) is 19.9. The standard InChI is InChI=1S/C29H38Si/c1-8-30(27-15-9-24(10-16-27)21(2)3,28-17-11-25(12-18-28)22(4)5)29-19-13-26(14-20-29)23(6)7/h9-23H,8H2,1-7H3. The summed E-state index contributed by atoms with van der Waals surface area (Å²) in [4.78, 5) is 0. The van der Waals surface area contributed by atoms with Crippen molar-refractivity contribution in [3.8, 4) is 0 Å². The first-order valence-electron chi connectivity index (χ1n) is 11.6. The Morgan fingerprint density at radius 1 is 0.467 bits per heavy atom. The molecule has 0 aromatic heterocycles. The van der Waals surface area contributed by atoms with Gasteiger partial charge in [0.2, 0.25) is 0 Å². The van der Waals surface area contributed by atoms with E-state index >= 15 is 0 Å². The first kappa shape index (κ1) is 22.6. The minimum Gasteiger partial charge on any atom is -0.0669 e. The van der Waals surface area contributed by atoms with E-state index in [2.05, 4.69) is 121 Å². The maximum absolute atomic E-state index is 2.41. The molecule has 30 heavy (non-hydrogen) atoms. The Balaban J connectivity index is 2.20. The second-order valence-corrected chi connectivity index (χ2v) is 13.8. The fraction of sp³-hybridized carbons (Fsp3) is 0.379. The SMILES string of the molecule is CC[Si](c1ccc(C(C)C)cc1)(c1ccc(C(C)C)cc1)c1ccc(C(C)C)cc1. The lowest BCUT2D eigenvalue weighted by molar-refractivity contribution is 0.867. The van der Waals surface area contributed by atoms with Crippen molar-refractivity contribution in [2.45, 2.75) is 72.3 Å². The molecule has 0 heterocycles. The van der Waals surface area contributed by atoms with E-state index in [9.17, 15) is 0 Å². The van der Waals surface area contributed by atoms with E-state index in [0.29, 0.717) is 17.8 Å².